The molecule has 2 N–H and O–H groups in total. The SMILES string of the molecule is Nc1ccc2ccccc2c1.[NaH].[NaH]. The molecule has 0 heterocycles. The van der Waals surface area contributed by atoms with Crippen molar-refractivity contribution in [1.29, 1.82) is 0 Å². The van der Waals surface area contributed by atoms with Crippen LogP contribution in [0.2, 0.25) is 0 Å². The van der Waals surface area contributed by atoms with Crippen molar-refractivity contribution in [2.24, 2.45) is 0 Å². The molecule has 2 rings (SSSR count). The number of hydrogen-bond acceptors (Lipinski definition) is 1. The monoisotopic (exact) mass is 191 g/mol. The molecule has 58 valence electrons. The Bertz CT molecular complexity index is 387. The van der Waals surface area contributed by atoms with Crippen LogP contribution >= 0.6 is 0 Å². The predicted octanol–water partition coefficient (Wildman–Crippen LogP) is 1.12. The van der Waals surface area contributed by atoms with Crippen LogP contribution in [0.15, 0.2) is 42.5 Å². The predicted molar refractivity (Wildman–Crippen MR) is 62.7 cm³/mol. The first-order chi connectivity index (χ1) is 5.36. The van der Waals surface area contributed by atoms with Gasteiger partial charge in [-0.1, -0.05) is 30.3 Å². The van der Waals surface area contributed by atoms with Crippen LogP contribution in [0.4, 0.5) is 5.69 Å². The van der Waals surface area contributed by atoms with Gasteiger partial charge in [0.15, 0.2) is 0 Å². The van der Waals surface area contributed by atoms with Crippen LogP contribution in [0.3, 0.4) is 0 Å². The van der Waals surface area contributed by atoms with E-state index in [2.05, 4.69) is 12.1 Å². The molecule has 0 unspecified atom stereocenters. The Kier molecular flexibility index (Phi) is 6.31. The van der Waals surface area contributed by atoms with Crippen molar-refractivity contribution in [1.82, 2.24) is 0 Å². The van der Waals surface area contributed by atoms with Gasteiger partial charge in [-0.25, -0.2) is 0 Å². The van der Waals surface area contributed by atoms with E-state index in [0.29, 0.717) is 0 Å². The molecule has 0 saturated carbocycles. The van der Waals surface area contributed by atoms with Crippen molar-refractivity contribution < 1.29 is 0 Å². The molecule has 0 radical (unpaired) electrons. The first-order valence-corrected chi connectivity index (χ1v) is 3.60. The topological polar surface area (TPSA) is 26.0 Å². The van der Waals surface area contributed by atoms with Crippen molar-refractivity contribution in [2.75, 3.05) is 5.73 Å². The summed E-state index contributed by atoms with van der Waals surface area (Å²) in [6.45, 7) is 0. The van der Waals surface area contributed by atoms with Gasteiger partial charge in [-0.3, -0.25) is 0 Å². The molecule has 0 spiro atoms. The van der Waals surface area contributed by atoms with Gasteiger partial charge in [0.1, 0.15) is 0 Å². The summed E-state index contributed by atoms with van der Waals surface area (Å²) in [5.74, 6) is 0. The van der Waals surface area contributed by atoms with Crippen molar-refractivity contribution >= 4 is 75.6 Å². The zero-order valence-corrected chi connectivity index (χ0v) is 6.12. The molecule has 0 fully saturated rings. The average molecular weight is 191 g/mol. The molecule has 2 aromatic rings. The third-order valence-corrected chi connectivity index (χ3v) is 1.77. The van der Waals surface area contributed by atoms with Gasteiger partial charge in [0, 0.05) is 5.69 Å². The first kappa shape index (κ1) is 13.5. The van der Waals surface area contributed by atoms with Crippen LogP contribution in [0.5, 0.6) is 0 Å². The zero-order valence-electron chi connectivity index (χ0n) is 6.12. The van der Waals surface area contributed by atoms with Crippen molar-refractivity contribution in [3.63, 3.8) is 0 Å². The molecule has 0 amide bonds. The van der Waals surface area contributed by atoms with Gasteiger partial charge in [-0.15, -0.1) is 0 Å². The molecule has 2 aromatic carbocycles. The van der Waals surface area contributed by atoms with Crippen molar-refractivity contribution in [3.05, 3.63) is 42.5 Å². The van der Waals surface area contributed by atoms with E-state index in [9.17, 15) is 0 Å². The van der Waals surface area contributed by atoms with E-state index in [0.717, 1.165) is 5.69 Å². The third kappa shape index (κ3) is 3.28. The molecule has 0 aromatic heterocycles. The Labute approximate surface area is 122 Å². The van der Waals surface area contributed by atoms with Crippen LogP contribution in [0, 0.1) is 0 Å². The minimum absolute atomic E-state index is 0. The maximum absolute atomic E-state index is 5.62. The van der Waals surface area contributed by atoms with Gasteiger partial charge in [0.2, 0.25) is 0 Å². The number of rotatable bonds is 0. The average Bonchev–Trinajstić information content (AvgIpc) is 2.04. The maximum atomic E-state index is 5.62. The first-order valence-electron chi connectivity index (χ1n) is 3.60. The fourth-order valence-corrected chi connectivity index (χ4v) is 1.21. The van der Waals surface area contributed by atoms with E-state index < -0.39 is 0 Å². The molecule has 0 bridgehead atoms. The van der Waals surface area contributed by atoms with E-state index >= 15 is 0 Å². The summed E-state index contributed by atoms with van der Waals surface area (Å²) in [5.41, 5.74) is 6.45. The quantitative estimate of drug-likeness (QED) is 0.490. The van der Waals surface area contributed by atoms with Crippen LogP contribution in [0.1, 0.15) is 0 Å². The van der Waals surface area contributed by atoms with Gasteiger partial charge in [0.05, 0.1) is 0 Å². The van der Waals surface area contributed by atoms with Crippen molar-refractivity contribution in [2.45, 2.75) is 0 Å². The van der Waals surface area contributed by atoms with Crippen LogP contribution < -0.4 is 5.73 Å². The number of nitrogens with two attached hydrogens (primary N) is 1. The minimum atomic E-state index is 0. The summed E-state index contributed by atoms with van der Waals surface area (Å²) in [5, 5.41) is 2.44. The van der Waals surface area contributed by atoms with Gasteiger partial charge in [-0.05, 0) is 22.9 Å². The summed E-state index contributed by atoms with van der Waals surface area (Å²) < 4.78 is 0. The summed E-state index contributed by atoms with van der Waals surface area (Å²) in [6, 6.07) is 14.1. The van der Waals surface area contributed by atoms with E-state index in [1.807, 2.05) is 30.3 Å². The molecule has 3 heteroatoms. The Morgan fingerprint density at radius 1 is 0.769 bits per heavy atom. The number of nitrogen functional groups attached to an aromatic ring is 1. The molecule has 0 aliphatic carbocycles. The fourth-order valence-electron chi connectivity index (χ4n) is 1.21. The summed E-state index contributed by atoms with van der Waals surface area (Å²) in [7, 11) is 0. The second kappa shape index (κ2) is 6.07. The summed E-state index contributed by atoms with van der Waals surface area (Å²) in [4.78, 5) is 0. The van der Waals surface area contributed by atoms with Crippen LogP contribution in [0.25, 0.3) is 10.8 Å². The number of hydrogen-bond donors (Lipinski definition) is 1. The molecular weight excluding hydrogens is 180 g/mol. The third-order valence-electron chi connectivity index (χ3n) is 1.77. The normalized spacial score (nSPS) is 8.62. The number of fused-ring (bicyclic) bond motifs is 1. The molecule has 0 atom stereocenters. The fraction of sp³-hybridized carbons (Fsp3) is 0. The van der Waals surface area contributed by atoms with Crippen molar-refractivity contribution in [3.8, 4) is 0 Å². The van der Waals surface area contributed by atoms with Gasteiger partial charge in [-0.2, -0.15) is 0 Å². The van der Waals surface area contributed by atoms with Gasteiger partial charge >= 0.3 is 59.1 Å². The number of benzene rings is 2. The molecule has 0 aliphatic rings. The Balaban J connectivity index is 0.000000720. The number of anilines is 1. The van der Waals surface area contributed by atoms with Crippen LogP contribution in [-0.2, 0) is 0 Å². The van der Waals surface area contributed by atoms with Gasteiger partial charge < -0.3 is 5.73 Å². The van der Waals surface area contributed by atoms with Crippen LogP contribution in [-0.4, -0.2) is 59.1 Å². The Hall–Kier alpha value is 0.500. The van der Waals surface area contributed by atoms with Gasteiger partial charge in [0.25, 0.3) is 0 Å². The zero-order chi connectivity index (χ0) is 7.68. The molecule has 0 saturated heterocycles. The Morgan fingerprint density at radius 3 is 2.08 bits per heavy atom. The van der Waals surface area contributed by atoms with E-state index in [1.165, 1.54) is 10.8 Å². The molecular formula is C10H11NNa2. The second-order valence-corrected chi connectivity index (χ2v) is 2.61. The molecule has 13 heavy (non-hydrogen) atoms. The standard InChI is InChI=1S/C10H9N.2Na.2H/c11-10-6-5-8-3-1-2-4-9(8)7-10;;;;/h1-7H,11H2;;;;. The molecule has 1 nitrogen and oxygen atoms in total. The second-order valence-electron chi connectivity index (χ2n) is 2.61. The van der Waals surface area contributed by atoms with E-state index in [-0.39, 0.29) is 59.1 Å². The summed E-state index contributed by atoms with van der Waals surface area (Å²) in [6.07, 6.45) is 0. The van der Waals surface area contributed by atoms with E-state index in [1.54, 1.807) is 0 Å². The molecule has 0 aliphatic heterocycles. The summed E-state index contributed by atoms with van der Waals surface area (Å²) >= 11 is 0. The Morgan fingerprint density at radius 2 is 1.38 bits per heavy atom. The van der Waals surface area contributed by atoms with E-state index in [4.69, 9.17) is 5.73 Å².